The van der Waals surface area contributed by atoms with E-state index in [2.05, 4.69) is 16.3 Å². The van der Waals surface area contributed by atoms with E-state index in [0.29, 0.717) is 26.2 Å². The first-order valence-electron chi connectivity index (χ1n) is 9.72. The highest BCUT2D eigenvalue weighted by Crippen LogP contribution is 2.35. The Bertz CT molecular complexity index is 522. The summed E-state index contributed by atoms with van der Waals surface area (Å²) in [7, 11) is 0. The summed E-state index contributed by atoms with van der Waals surface area (Å²) in [5, 5.41) is 23.3. The molecule has 0 spiro atoms. The van der Waals surface area contributed by atoms with Gasteiger partial charge in [-0.15, -0.1) is 0 Å². The lowest BCUT2D eigenvalue weighted by molar-refractivity contribution is -0.133. The molecule has 2 saturated heterocycles. The number of nitriles is 1. The maximum absolute atomic E-state index is 12.6. The fourth-order valence-electron chi connectivity index (χ4n) is 4.79. The molecular formula is C19H31N3O3. The molecule has 1 amide bonds. The predicted octanol–water partition coefficient (Wildman–Crippen LogP) is 1.58. The fraction of sp³-hybridized carbons (Fsp3) is 0.895. The molecule has 6 heteroatoms. The van der Waals surface area contributed by atoms with Crippen molar-refractivity contribution in [1.82, 2.24) is 10.2 Å². The maximum atomic E-state index is 12.6. The van der Waals surface area contributed by atoms with Gasteiger partial charge < -0.3 is 15.2 Å². The lowest BCUT2D eigenvalue weighted by atomic mass is 9.79. The van der Waals surface area contributed by atoms with Gasteiger partial charge >= 0.3 is 0 Å². The Labute approximate surface area is 150 Å². The standard InChI is InChI=1S/C19H31N3O3/c1-18(24)9-11-25-13-15(18)16-6-5-10-22(16)12-17(23)21-19(14-20)7-3-2-4-8-19/h15-16,24H,2-13H2,1H3,(H,21,23). The minimum Gasteiger partial charge on any atom is -0.390 e. The number of carbonyl (C=O) groups excluding carboxylic acids is 1. The summed E-state index contributed by atoms with van der Waals surface area (Å²) in [6, 6.07) is 2.52. The summed E-state index contributed by atoms with van der Waals surface area (Å²) in [6.45, 7) is 4.22. The normalized spacial score (nSPS) is 35.9. The number of nitrogens with one attached hydrogen (secondary N) is 1. The number of likely N-dealkylation sites (tertiary alicyclic amines) is 1. The highest BCUT2D eigenvalue weighted by atomic mass is 16.5. The fourth-order valence-corrected chi connectivity index (χ4v) is 4.79. The summed E-state index contributed by atoms with van der Waals surface area (Å²) in [6.07, 6.45) is 7.32. The molecule has 1 aliphatic carbocycles. The Morgan fingerprint density at radius 2 is 2.08 bits per heavy atom. The van der Waals surface area contributed by atoms with Crippen LogP contribution in [0.1, 0.15) is 58.3 Å². The second-order valence-electron chi connectivity index (χ2n) is 8.27. The SMILES string of the molecule is CC1(O)CCOCC1C1CCCN1CC(=O)NC1(C#N)CCCCC1. The first-order chi connectivity index (χ1) is 12.0. The van der Waals surface area contributed by atoms with E-state index in [1.54, 1.807) is 0 Å². The van der Waals surface area contributed by atoms with Gasteiger partial charge in [-0.25, -0.2) is 0 Å². The molecule has 0 aromatic heterocycles. The second kappa shape index (κ2) is 7.61. The number of nitrogens with zero attached hydrogens (tertiary/aromatic N) is 2. The molecule has 3 aliphatic rings. The molecule has 2 N–H and O–H groups in total. The summed E-state index contributed by atoms with van der Waals surface area (Å²) in [5.41, 5.74) is -1.41. The minimum atomic E-state index is -0.737. The maximum Gasteiger partial charge on any atom is 0.235 e. The number of carbonyl (C=O) groups is 1. The Morgan fingerprint density at radius 1 is 1.32 bits per heavy atom. The van der Waals surface area contributed by atoms with Crippen molar-refractivity contribution in [3.05, 3.63) is 0 Å². The molecule has 3 rings (SSSR count). The Kier molecular flexibility index (Phi) is 5.67. The summed E-state index contributed by atoms with van der Waals surface area (Å²) in [5.74, 6) is -0.0251. The lowest BCUT2D eigenvalue weighted by Crippen LogP contribution is -2.56. The molecule has 0 aromatic rings. The Balaban J connectivity index is 1.61. The van der Waals surface area contributed by atoms with Gasteiger partial charge in [-0.3, -0.25) is 9.69 Å². The summed E-state index contributed by atoms with van der Waals surface area (Å²) in [4.78, 5) is 14.8. The zero-order valence-corrected chi connectivity index (χ0v) is 15.3. The molecule has 2 aliphatic heterocycles. The zero-order valence-electron chi connectivity index (χ0n) is 15.3. The summed E-state index contributed by atoms with van der Waals surface area (Å²) < 4.78 is 5.61. The molecule has 2 heterocycles. The predicted molar refractivity (Wildman–Crippen MR) is 93.7 cm³/mol. The third-order valence-electron chi connectivity index (χ3n) is 6.37. The molecule has 3 unspecified atom stereocenters. The van der Waals surface area contributed by atoms with Crippen molar-refractivity contribution in [2.45, 2.75) is 75.5 Å². The molecule has 1 saturated carbocycles. The Morgan fingerprint density at radius 3 is 2.76 bits per heavy atom. The van der Waals surface area contributed by atoms with Crippen LogP contribution in [0.5, 0.6) is 0 Å². The second-order valence-corrected chi connectivity index (χ2v) is 8.27. The van der Waals surface area contributed by atoms with Crippen LogP contribution in [0.3, 0.4) is 0 Å². The van der Waals surface area contributed by atoms with E-state index >= 15 is 0 Å². The lowest BCUT2D eigenvalue weighted by Gasteiger charge is -2.43. The van der Waals surface area contributed by atoms with E-state index in [0.717, 1.165) is 51.5 Å². The van der Waals surface area contributed by atoms with Crippen LogP contribution in [0.15, 0.2) is 0 Å². The van der Waals surface area contributed by atoms with Crippen molar-refractivity contribution < 1.29 is 14.6 Å². The Hall–Kier alpha value is -1.16. The van der Waals surface area contributed by atoms with Gasteiger partial charge in [0.05, 0.1) is 24.8 Å². The van der Waals surface area contributed by atoms with Crippen LogP contribution in [0.4, 0.5) is 0 Å². The number of ether oxygens (including phenoxy) is 1. The highest BCUT2D eigenvalue weighted by molar-refractivity contribution is 5.79. The smallest absolute Gasteiger partial charge is 0.235 e. The van der Waals surface area contributed by atoms with Crippen LogP contribution >= 0.6 is 0 Å². The van der Waals surface area contributed by atoms with Gasteiger partial charge in [0.15, 0.2) is 0 Å². The van der Waals surface area contributed by atoms with Gasteiger partial charge in [0.2, 0.25) is 5.91 Å². The molecule has 25 heavy (non-hydrogen) atoms. The van der Waals surface area contributed by atoms with E-state index in [9.17, 15) is 15.2 Å². The molecule has 3 atom stereocenters. The molecular weight excluding hydrogens is 318 g/mol. The van der Waals surface area contributed by atoms with Gasteiger partial charge in [-0.05, 0) is 45.6 Å². The van der Waals surface area contributed by atoms with Crippen LogP contribution in [-0.2, 0) is 9.53 Å². The largest absolute Gasteiger partial charge is 0.390 e. The highest BCUT2D eigenvalue weighted by Gasteiger charge is 2.44. The molecule has 0 bridgehead atoms. The number of aliphatic hydroxyl groups is 1. The van der Waals surface area contributed by atoms with Crippen LogP contribution in [-0.4, -0.2) is 59.4 Å². The third-order valence-corrected chi connectivity index (χ3v) is 6.37. The number of hydrogen-bond acceptors (Lipinski definition) is 5. The number of rotatable bonds is 4. The quantitative estimate of drug-likeness (QED) is 0.805. The minimum absolute atomic E-state index is 0.0381. The van der Waals surface area contributed by atoms with Gasteiger partial charge in [-0.1, -0.05) is 19.3 Å². The molecule has 6 nitrogen and oxygen atoms in total. The zero-order chi connectivity index (χ0) is 17.9. The molecule has 0 aromatic carbocycles. The average molecular weight is 349 g/mol. The van der Waals surface area contributed by atoms with Gasteiger partial charge in [0.1, 0.15) is 5.54 Å². The van der Waals surface area contributed by atoms with Crippen LogP contribution in [0.2, 0.25) is 0 Å². The van der Waals surface area contributed by atoms with E-state index < -0.39 is 11.1 Å². The van der Waals surface area contributed by atoms with E-state index in [1.165, 1.54) is 0 Å². The average Bonchev–Trinajstić information content (AvgIpc) is 3.02. The number of amides is 1. The van der Waals surface area contributed by atoms with Crippen molar-refractivity contribution >= 4 is 5.91 Å². The van der Waals surface area contributed by atoms with Gasteiger partial charge in [0.25, 0.3) is 0 Å². The van der Waals surface area contributed by atoms with Crippen LogP contribution < -0.4 is 5.32 Å². The third kappa shape index (κ3) is 4.16. The monoisotopic (exact) mass is 349 g/mol. The van der Waals surface area contributed by atoms with E-state index in [4.69, 9.17) is 4.74 Å². The van der Waals surface area contributed by atoms with Crippen molar-refractivity contribution in [2.75, 3.05) is 26.3 Å². The first-order valence-corrected chi connectivity index (χ1v) is 9.72. The van der Waals surface area contributed by atoms with Crippen LogP contribution in [0, 0.1) is 17.2 Å². The topological polar surface area (TPSA) is 85.6 Å². The van der Waals surface area contributed by atoms with E-state index in [1.807, 2.05) is 6.92 Å². The van der Waals surface area contributed by atoms with Gasteiger partial charge in [-0.2, -0.15) is 5.26 Å². The summed E-state index contributed by atoms with van der Waals surface area (Å²) >= 11 is 0. The molecule has 140 valence electrons. The van der Waals surface area contributed by atoms with Crippen LogP contribution in [0.25, 0.3) is 0 Å². The van der Waals surface area contributed by atoms with E-state index in [-0.39, 0.29) is 17.9 Å². The molecule has 3 fully saturated rings. The van der Waals surface area contributed by atoms with Crippen molar-refractivity contribution in [1.29, 1.82) is 5.26 Å². The van der Waals surface area contributed by atoms with Gasteiger partial charge in [0, 0.05) is 18.6 Å². The van der Waals surface area contributed by atoms with Crippen molar-refractivity contribution in [3.8, 4) is 6.07 Å². The number of hydrogen-bond donors (Lipinski definition) is 2. The molecule has 0 radical (unpaired) electrons. The van der Waals surface area contributed by atoms with Crippen molar-refractivity contribution in [2.24, 2.45) is 5.92 Å². The first kappa shape index (κ1) is 18.6. The van der Waals surface area contributed by atoms with Crippen molar-refractivity contribution in [3.63, 3.8) is 0 Å².